The van der Waals surface area contributed by atoms with E-state index < -0.39 is 6.04 Å². The number of ether oxygens (including phenoxy) is 1. The SMILES string of the molecule is CCCOc1ccc(NC(=O)CC2C(=O)N(c3ccc(C)cc3)C(=O)N2C2CCCCC2)cc1. The lowest BCUT2D eigenvalue weighted by Gasteiger charge is -2.33. The van der Waals surface area contributed by atoms with Gasteiger partial charge in [-0.1, -0.05) is 43.9 Å². The fourth-order valence-electron chi connectivity index (χ4n) is 4.74. The molecule has 0 radical (unpaired) electrons. The minimum Gasteiger partial charge on any atom is -0.494 e. The molecule has 0 bridgehead atoms. The predicted octanol–water partition coefficient (Wildman–Crippen LogP) is 5.28. The van der Waals surface area contributed by atoms with Crippen LogP contribution in [-0.4, -0.2) is 41.4 Å². The van der Waals surface area contributed by atoms with Crippen LogP contribution in [0.2, 0.25) is 0 Å². The number of nitrogens with one attached hydrogen (secondary N) is 1. The average molecular weight is 464 g/mol. The van der Waals surface area contributed by atoms with Gasteiger partial charge in [-0.2, -0.15) is 0 Å². The third-order valence-electron chi connectivity index (χ3n) is 6.50. The van der Waals surface area contributed by atoms with Crippen LogP contribution >= 0.6 is 0 Å². The van der Waals surface area contributed by atoms with Crippen molar-refractivity contribution in [2.45, 2.75) is 70.9 Å². The molecule has 1 heterocycles. The lowest BCUT2D eigenvalue weighted by molar-refractivity contribution is -0.125. The lowest BCUT2D eigenvalue weighted by atomic mass is 9.93. The number of imide groups is 1. The molecule has 0 spiro atoms. The van der Waals surface area contributed by atoms with Crippen LogP contribution in [0.5, 0.6) is 5.75 Å². The van der Waals surface area contributed by atoms with Gasteiger partial charge in [-0.15, -0.1) is 0 Å². The van der Waals surface area contributed by atoms with Crippen LogP contribution in [-0.2, 0) is 9.59 Å². The van der Waals surface area contributed by atoms with E-state index >= 15 is 0 Å². The second-order valence-electron chi connectivity index (χ2n) is 9.13. The number of aryl methyl sites for hydroxylation is 1. The van der Waals surface area contributed by atoms with Crippen molar-refractivity contribution in [3.63, 3.8) is 0 Å². The first-order chi connectivity index (χ1) is 16.5. The van der Waals surface area contributed by atoms with E-state index in [9.17, 15) is 14.4 Å². The number of carbonyl (C=O) groups is 3. The molecule has 2 aromatic carbocycles. The standard InChI is InChI=1S/C27H33N3O4/c1-3-17-34-23-15-11-20(12-16-23)28-25(31)18-24-26(32)30(22-13-9-19(2)10-14-22)27(33)29(24)21-7-5-4-6-8-21/h9-16,21,24H,3-8,17-18H2,1-2H3,(H,28,31). The third kappa shape index (κ3) is 5.24. The lowest BCUT2D eigenvalue weighted by Crippen LogP contribution is -2.45. The van der Waals surface area contributed by atoms with Gasteiger partial charge in [-0.25, -0.2) is 9.69 Å². The van der Waals surface area contributed by atoms with Gasteiger partial charge in [0.2, 0.25) is 5.91 Å². The minimum absolute atomic E-state index is 0.0200. The van der Waals surface area contributed by atoms with Crippen molar-refractivity contribution in [1.29, 1.82) is 0 Å². The molecule has 1 atom stereocenters. The second kappa shape index (κ2) is 10.7. The van der Waals surface area contributed by atoms with Gasteiger partial charge in [0.15, 0.2) is 0 Å². The van der Waals surface area contributed by atoms with E-state index in [-0.39, 0.29) is 30.3 Å². The van der Waals surface area contributed by atoms with Gasteiger partial charge < -0.3 is 15.0 Å². The van der Waals surface area contributed by atoms with Gasteiger partial charge in [0.1, 0.15) is 11.8 Å². The smallest absolute Gasteiger partial charge is 0.332 e. The van der Waals surface area contributed by atoms with Gasteiger partial charge in [-0.05, 0) is 62.6 Å². The van der Waals surface area contributed by atoms with Crippen molar-refractivity contribution < 1.29 is 19.1 Å². The summed E-state index contributed by atoms with van der Waals surface area (Å²) in [5.41, 5.74) is 2.23. The van der Waals surface area contributed by atoms with Gasteiger partial charge in [0.05, 0.1) is 18.7 Å². The highest BCUT2D eigenvalue weighted by Crippen LogP contribution is 2.33. The van der Waals surface area contributed by atoms with E-state index in [0.717, 1.165) is 49.8 Å². The monoisotopic (exact) mass is 463 g/mol. The first-order valence-electron chi connectivity index (χ1n) is 12.2. The molecule has 4 amide bonds. The van der Waals surface area contributed by atoms with Crippen molar-refractivity contribution in [3.05, 3.63) is 54.1 Å². The molecule has 1 aliphatic carbocycles. The molecule has 1 aliphatic heterocycles. The Morgan fingerprint density at radius 2 is 1.68 bits per heavy atom. The van der Waals surface area contributed by atoms with Gasteiger partial charge in [0.25, 0.3) is 5.91 Å². The maximum absolute atomic E-state index is 13.5. The molecular weight excluding hydrogens is 430 g/mol. The number of benzene rings is 2. The summed E-state index contributed by atoms with van der Waals surface area (Å²) in [6, 6.07) is 13.4. The summed E-state index contributed by atoms with van der Waals surface area (Å²) >= 11 is 0. The van der Waals surface area contributed by atoms with Crippen molar-refractivity contribution in [2.75, 3.05) is 16.8 Å². The van der Waals surface area contributed by atoms with Crippen molar-refractivity contribution >= 4 is 29.2 Å². The Morgan fingerprint density at radius 1 is 1.00 bits per heavy atom. The summed E-state index contributed by atoms with van der Waals surface area (Å²) in [5, 5.41) is 2.87. The number of hydrogen-bond donors (Lipinski definition) is 1. The first-order valence-corrected chi connectivity index (χ1v) is 12.2. The first kappa shape index (κ1) is 23.8. The van der Waals surface area contributed by atoms with Crippen LogP contribution in [0.3, 0.4) is 0 Å². The largest absolute Gasteiger partial charge is 0.494 e. The van der Waals surface area contributed by atoms with Gasteiger partial charge in [-0.3, -0.25) is 9.59 Å². The number of nitrogens with zero attached hydrogens (tertiary/aromatic N) is 2. The molecule has 0 aromatic heterocycles. The molecule has 7 nitrogen and oxygen atoms in total. The molecule has 180 valence electrons. The molecule has 4 rings (SSSR count). The van der Waals surface area contributed by atoms with E-state index in [2.05, 4.69) is 5.32 Å². The molecular formula is C27H33N3O4. The molecule has 7 heteroatoms. The molecule has 34 heavy (non-hydrogen) atoms. The van der Waals surface area contributed by atoms with Crippen LogP contribution in [0.1, 0.15) is 57.4 Å². The normalized spacial score (nSPS) is 18.9. The Labute approximate surface area is 201 Å². The summed E-state index contributed by atoms with van der Waals surface area (Å²) in [6.45, 7) is 4.64. The summed E-state index contributed by atoms with van der Waals surface area (Å²) in [5.74, 6) is 0.117. The maximum Gasteiger partial charge on any atom is 0.332 e. The number of carbonyl (C=O) groups excluding carboxylic acids is 3. The van der Waals surface area contributed by atoms with Crippen LogP contribution in [0, 0.1) is 6.92 Å². The highest BCUT2D eigenvalue weighted by molar-refractivity contribution is 6.22. The average Bonchev–Trinajstić information content (AvgIpc) is 3.09. The number of amides is 4. The fraction of sp³-hybridized carbons (Fsp3) is 0.444. The number of anilines is 2. The van der Waals surface area contributed by atoms with Crippen molar-refractivity contribution in [2.24, 2.45) is 0 Å². The zero-order valence-electron chi connectivity index (χ0n) is 20.0. The van der Waals surface area contributed by atoms with Crippen LogP contribution in [0.4, 0.5) is 16.2 Å². The van der Waals surface area contributed by atoms with E-state index in [1.54, 1.807) is 29.2 Å². The van der Waals surface area contributed by atoms with Crippen molar-refractivity contribution in [3.8, 4) is 5.75 Å². The Balaban J connectivity index is 1.51. The fourth-order valence-corrected chi connectivity index (χ4v) is 4.74. The molecule has 1 saturated carbocycles. The number of hydrogen-bond acceptors (Lipinski definition) is 4. The summed E-state index contributed by atoms with van der Waals surface area (Å²) in [6.07, 6.45) is 5.76. The Kier molecular flexibility index (Phi) is 7.50. The van der Waals surface area contributed by atoms with E-state index in [4.69, 9.17) is 4.74 Å². The molecule has 2 aliphatic rings. The predicted molar refractivity (Wildman–Crippen MR) is 132 cm³/mol. The summed E-state index contributed by atoms with van der Waals surface area (Å²) in [4.78, 5) is 42.8. The molecule has 2 fully saturated rings. The highest BCUT2D eigenvalue weighted by atomic mass is 16.5. The van der Waals surface area contributed by atoms with Crippen LogP contribution in [0.15, 0.2) is 48.5 Å². The zero-order valence-corrected chi connectivity index (χ0v) is 20.0. The summed E-state index contributed by atoms with van der Waals surface area (Å²) < 4.78 is 5.58. The Morgan fingerprint density at radius 3 is 2.32 bits per heavy atom. The van der Waals surface area contributed by atoms with Crippen molar-refractivity contribution in [1.82, 2.24) is 4.90 Å². The summed E-state index contributed by atoms with van der Waals surface area (Å²) in [7, 11) is 0. The van der Waals surface area contributed by atoms with E-state index in [1.165, 1.54) is 4.90 Å². The van der Waals surface area contributed by atoms with Crippen LogP contribution < -0.4 is 15.0 Å². The van der Waals surface area contributed by atoms with E-state index in [1.807, 2.05) is 38.1 Å². The van der Waals surface area contributed by atoms with Crippen LogP contribution in [0.25, 0.3) is 0 Å². The molecule has 1 saturated heterocycles. The highest BCUT2D eigenvalue weighted by Gasteiger charge is 2.49. The second-order valence-corrected chi connectivity index (χ2v) is 9.13. The van der Waals surface area contributed by atoms with E-state index in [0.29, 0.717) is 18.0 Å². The number of rotatable bonds is 8. The zero-order chi connectivity index (χ0) is 24.1. The quantitative estimate of drug-likeness (QED) is 0.540. The topological polar surface area (TPSA) is 79.0 Å². The Hall–Kier alpha value is -3.35. The third-order valence-corrected chi connectivity index (χ3v) is 6.50. The molecule has 1 unspecified atom stereocenters. The molecule has 1 N–H and O–H groups in total. The minimum atomic E-state index is -0.802. The van der Waals surface area contributed by atoms with Gasteiger partial charge >= 0.3 is 6.03 Å². The number of urea groups is 1. The maximum atomic E-state index is 13.5. The Bertz CT molecular complexity index is 1010. The van der Waals surface area contributed by atoms with Gasteiger partial charge in [0, 0.05) is 11.7 Å². The molecule has 2 aromatic rings.